The van der Waals surface area contributed by atoms with Gasteiger partial charge in [-0.05, 0) is 42.8 Å². The summed E-state index contributed by atoms with van der Waals surface area (Å²) in [4.78, 5) is 1.27. The van der Waals surface area contributed by atoms with E-state index < -0.39 is 6.10 Å². The van der Waals surface area contributed by atoms with E-state index in [1.807, 2.05) is 23.9 Å². The Labute approximate surface area is 122 Å². The van der Waals surface area contributed by atoms with Crippen LogP contribution in [-0.2, 0) is 0 Å². The van der Waals surface area contributed by atoms with E-state index in [4.69, 9.17) is 0 Å². The molecule has 2 atom stereocenters. The first-order valence-corrected chi connectivity index (χ1v) is 8.35. The topological polar surface area (TPSA) is 32.3 Å². The lowest BCUT2D eigenvalue weighted by Gasteiger charge is -2.23. The number of thioether (sulfide) groups is 1. The summed E-state index contributed by atoms with van der Waals surface area (Å²) >= 11 is 1.83. The van der Waals surface area contributed by atoms with Gasteiger partial charge in [0.2, 0.25) is 0 Å². The first kappa shape index (κ1) is 16.5. The molecule has 0 heterocycles. The molecule has 2 N–H and O–H groups in total. The zero-order valence-corrected chi connectivity index (χ0v) is 13.2. The minimum Gasteiger partial charge on any atom is -0.387 e. The van der Waals surface area contributed by atoms with Crippen molar-refractivity contribution >= 4 is 11.8 Å². The van der Waals surface area contributed by atoms with E-state index >= 15 is 0 Å². The van der Waals surface area contributed by atoms with Crippen molar-refractivity contribution < 1.29 is 5.11 Å². The molecule has 1 aromatic rings. The molecule has 0 spiro atoms. The summed E-state index contributed by atoms with van der Waals surface area (Å²) < 4.78 is 0. The molecule has 1 aromatic carbocycles. The van der Waals surface area contributed by atoms with Gasteiger partial charge in [0.05, 0.1) is 6.10 Å². The minimum absolute atomic E-state index is 0.149. The SMILES string of the molecule is CCCCNC(CC)C(O)c1ccc(SCC)cc1. The number of benzene rings is 1. The van der Waals surface area contributed by atoms with Crippen molar-refractivity contribution in [3.05, 3.63) is 29.8 Å². The number of hydrogen-bond donors (Lipinski definition) is 2. The third-order valence-corrected chi connectivity index (χ3v) is 4.18. The van der Waals surface area contributed by atoms with Crippen molar-refractivity contribution in [3.8, 4) is 0 Å². The molecule has 0 aliphatic heterocycles. The number of unbranched alkanes of at least 4 members (excludes halogenated alkanes) is 1. The van der Waals surface area contributed by atoms with Crippen LogP contribution in [-0.4, -0.2) is 23.4 Å². The van der Waals surface area contributed by atoms with Gasteiger partial charge in [0.1, 0.15) is 0 Å². The van der Waals surface area contributed by atoms with Crippen molar-refractivity contribution in [1.29, 1.82) is 0 Å². The molecule has 0 aliphatic carbocycles. The standard InChI is InChI=1S/C16H27NOS/c1-4-7-12-17-15(5-2)16(18)13-8-10-14(11-9-13)19-6-3/h8-11,15-18H,4-7,12H2,1-3H3. The van der Waals surface area contributed by atoms with Gasteiger partial charge in [0.25, 0.3) is 0 Å². The smallest absolute Gasteiger partial charge is 0.0942 e. The molecule has 1 rings (SSSR count). The van der Waals surface area contributed by atoms with E-state index in [2.05, 4.69) is 38.2 Å². The molecule has 0 fully saturated rings. The van der Waals surface area contributed by atoms with Crippen LogP contribution >= 0.6 is 11.8 Å². The van der Waals surface area contributed by atoms with Crippen LogP contribution in [0.2, 0.25) is 0 Å². The van der Waals surface area contributed by atoms with Gasteiger partial charge in [-0.25, -0.2) is 0 Å². The second kappa shape index (κ2) is 9.40. The quantitative estimate of drug-likeness (QED) is 0.530. The predicted molar refractivity (Wildman–Crippen MR) is 84.8 cm³/mol. The van der Waals surface area contributed by atoms with Crippen LogP contribution in [0, 0.1) is 0 Å². The maximum absolute atomic E-state index is 10.4. The first-order valence-electron chi connectivity index (χ1n) is 7.37. The van der Waals surface area contributed by atoms with Crippen molar-refractivity contribution in [1.82, 2.24) is 5.32 Å². The highest BCUT2D eigenvalue weighted by Crippen LogP contribution is 2.23. The monoisotopic (exact) mass is 281 g/mol. The summed E-state index contributed by atoms with van der Waals surface area (Å²) in [5.41, 5.74) is 1.01. The predicted octanol–water partition coefficient (Wildman–Crippen LogP) is 4.00. The molecule has 0 bridgehead atoms. The maximum atomic E-state index is 10.4. The van der Waals surface area contributed by atoms with Crippen molar-refractivity contribution in [2.45, 2.75) is 57.1 Å². The summed E-state index contributed by atoms with van der Waals surface area (Å²) in [6.07, 6.45) is 2.87. The summed E-state index contributed by atoms with van der Waals surface area (Å²) in [6, 6.07) is 8.45. The van der Waals surface area contributed by atoms with Gasteiger partial charge >= 0.3 is 0 Å². The molecule has 2 unspecified atom stereocenters. The summed E-state index contributed by atoms with van der Waals surface area (Å²) in [5, 5.41) is 13.9. The number of aliphatic hydroxyl groups is 1. The molecule has 19 heavy (non-hydrogen) atoms. The number of aliphatic hydroxyl groups excluding tert-OH is 1. The van der Waals surface area contributed by atoms with Gasteiger partial charge in [0, 0.05) is 10.9 Å². The largest absolute Gasteiger partial charge is 0.387 e. The van der Waals surface area contributed by atoms with Crippen molar-refractivity contribution in [3.63, 3.8) is 0 Å². The van der Waals surface area contributed by atoms with Gasteiger partial charge in [-0.15, -0.1) is 11.8 Å². The second-order valence-electron chi connectivity index (χ2n) is 4.77. The third-order valence-electron chi connectivity index (χ3n) is 3.29. The molecule has 3 heteroatoms. The van der Waals surface area contributed by atoms with Gasteiger partial charge in [0.15, 0.2) is 0 Å². The first-order chi connectivity index (χ1) is 9.22. The highest BCUT2D eigenvalue weighted by Gasteiger charge is 2.18. The maximum Gasteiger partial charge on any atom is 0.0942 e. The molecule has 2 nitrogen and oxygen atoms in total. The van der Waals surface area contributed by atoms with Crippen LogP contribution < -0.4 is 5.32 Å². The van der Waals surface area contributed by atoms with Crippen LogP contribution in [0.25, 0.3) is 0 Å². The Morgan fingerprint density at radius 2 is 1.84 bits per heavy atom. The fourth-order valence-electron chi connectivity index (χ4n) is 2.10. The molecule has 0 aliphatic rings. The summed E-state index contributed by atoms with van der Waals surface area (Å²) in [7, 11) is 0. The van der Waals surface area contributed by atoms with Crippen LogP contribution in [0.4, 0.5) is 0 Å². The normalized spacial score (nSPS) is 14.3. The molecule has 0 radical (unpaired) electrons. The van der Waals surface area contributed by atoms with Gasteiger partial charge < -0.3 is 10.4 Å². The molecular formula is C16H27NOS. The fraction of sp³-hybridized carbons (Fsp3) is 0.625. The van der Waals surface area contributed by atoms with Gasteiger partial charge in [-0.3, -0.25) is 0 Å². The van der Waals surface area contributed by atoms with Crippen molar-refractivity contribution in [2.75, 3.05) is 12.3 Å². The van der Waals surface area contributed by atoms with Gasteiger partial charge in [-0.2, -0.15) is 0 Å². The Kier molecular flexibility index (Phi) is 8.19. The molecule has 0 aromatic heterocycles. The van der Waals surface area contributed by atoms with E-state index in [0.29, 0.717) is 0 Å². The molecular weight excluding hydrogens is 254 g/mol. The van der Waals surface area contributed by atoms with Crippen LogP contribution in [0.15, 0.2) is 29.2 Å². The van der Waals surface area contributed by atoms with Crippen molar-refractivity contribution in [2.24, 2.45) is 0 Å². The lowest BCUT2D eigenvalue weighted by atomic mass is 10.0. The van der Waals surface area contributed by atoms with E-state index in [-0.39, 0.29) is 6.04 Å². The molecule has 0 saturated heterocycles. The Morgan fingerprint density at radius 3 is 2.37 bits per heavy atom. The van der Waals surface area contributed by atoms with Crippen LogP contribution in [0.3, 0.4) is 0 Å². The lowest BCUT2D eigenvalue weighted by Crippen LogP contribution is -2.35. The van der Waals surface area contributed by atoms with Crippen LogP contribution in [0.5, 0.6) is 0 Å². The Balaban J connectivity index is 2.60. The second-order valence-corrected chi connectivity index (χ2v) is 6.11. The highest BCUT2D eigenvalue weighted by molar-refractivity contribution is 7.99. The van der Waals surface area contributed by atoms with Crippen LogP contribution in [0.1, 0.15) is 51.7 Å². The number of hydrogen-bond acceptors (Lipinski definition) is 3. The average Bonchev–Trinajstić information content (AvgIpc) is 2.44. The van der Waals surface area contributed by atoms with E-state index in [1.165, 1.54) is 11.3 Å². The average molecular weight is 281 g/mol. The number of rotatable bonds is 9. The minimum atomic E-state index is -0.414. The van der Waals surface area contributed by atoms with Gasteiger partial charge in [-0.1, -0.05) is 39.3 Å². The third kappa shape index (κ3) is 5.55. The van der Waals surface area contributed by atoms with E-state index in [1.54, 1.807) is 0 Å². The summed E-state index contributed by atoms with van der Waals surface area (Å²) in [6.45, 7) is 7.44. The number of nitrogens with one attached hydrogen (secondary N) is 1. The van der Waals surface area contributed by atoms with E-state index in [0.717, 1.165) is 30.7 Å². The molecule has 0 amide bonds. The zero-order valence-electron chi connectivity index (χ0n) is 12.4. The Hall–Kier alpha value is -0.510. The van der Waals surface area contributed by atoms with E-state index in [9.17, 15) is 5.11 Å². The zero-order chi connectivity index (χ0) is 14.1. The molecule has 108 valence electrons. The Bertz CT molecular complexity index is 339. The lowest BCUT2D eigenvalue weighted by molar-refractivity contribution is 0.126. The Morgan fingerprint density at radius 1 is 1.16 bits per heavy atom. The highest BCUT2D eigenvalue weighted by atomic mass is 32.2. The summed E-state index contributed by atoms with van der Waals surface area (Å²) in [5.74, 6) is 1.08. The fourth-order valence-corrected chi connectivity index (χ4v) is 2.77. The molecule has 0 saturated carbocycles.